The summed E-state index contributed by atoms with van der Waals surface area (Å²) in [5.41, 5.74) is 7.01. The summed E-state index contributed by atoms with van der Waals surface area (Å²) in [6.07, 6.45) is 0.133. The van der Waals surface area contributed by atoms with Gasteiger partial charge in [-0.25, -0.2) is 0 Å². The molecule has 1 saturated heterocycles. The van der Waals surface area contributed by atoms with Crippen LogP contribution in [0.5, 0.6) is 5.75 Å². The lowest BCUT2D eigenvalue weighted by Gasteiger charge is -2.32. The summed E-state index contributed by atoms with van der Waals surface area (Å²) >= 11 is 3.47. The lowest BCUT2D eigenvalue weighted by molar-refractivity contribution is -0.0465. The fourth-order valence-corrected chi connectivity index (χ4v) is 2.74. The van der Waals surface area contributed by atoms with Crippen molar-refractivity contribution >= 4 is 15.9 Å². The molecule has 0 aliphatic carbocycles. The number of halogens is 1. The Bertz CT molecular complexity index is 440. The first-order valence-electron chi connectivity index (χ1n) is 7.12. The fraction of sp³-hybridized carbons (Fsp3) is 0.600. The fourth-order valence-electron chi connectivity index (χ4n) is 2.36. The van der Waals surface area contributed by atoms with Gasteiger partial charge in [0.25, 0.3) is 0 Å². The number of nitrogens with two attached hydrogens (primary N) is 1. The van der Waals surface area contributed by atoms with Crippen LogP contribution in [0, 0.1) is 0 Å². The monoisotopic (exact) mass is 342 g/mol. The summed E-state index contributed by atoms with van der Waals surface area (Å²) in [6.45, 7) is 8.48. The molecule has 1 aliphatic rings. The van der Waals surface area contributed by atoms with E-state index in [2.05, 4.69) is 27.8 Å². The molecule has 1 heterocycles. The summed E-state index contributed by atoms with van der Waals surface area (Å²) < 4.78 is 12.7. The van der Waals surface area contributed by atoms with Crippen molar-refractivity contribution in [2.24, 2.45) is 5.73 Å². The number of likely N-dealkylation sites (N-methyl/N-ethyl adjacent to an activating group) is 1. The smallest absolute Gasteiger partial charge is 0.124 e. The van der Waals surface area contributed by atoms with Crippen LogP contribution in [0.25, 0.3) is 0 Å². The Morgan fingerprint density at radius 3 is 3.05 bits per heavy atom. The molecule has 1 aliphatic heterocycles. The molecule has 112 valence electrons. The second-order valence-electron chi connectivity index (χ2n) is 5.17. The second-order valence-corrected chi connectivity index (χ2v) is 6.08. The lowest BCUT2D eigenvalue weighted by atomic mass is 10.1. The third kappa shape index (κ3) is 4.19. The Morgan fingerprint density at radius 1 is 1.55 bits per heavy atom. The first kappa shape index (κ1) is 15.8. The summed E-state index contributed by atoms with van der Waals surface area (Å²) in [5, 5.41) is 0. The molecular weight excluding hydrogens is 320 g/mol. The SMILES string of the molecule is CCN1CCOC(COc2ccc(Br)cc2C(C)N)C1. The number of hydrogen-bond donors (Lipinski definition) is 1. The average molecular weight is 343 g/mol. The number of morpholine rings is 1. The molecule has 2 rings (SSSR count). The Labute approximate surface area is 129 Å². The molecule has 1 aromatic carbocycles. The topological polar surface area (TPSA) is 47.7 Å². The van der Waals surface area contributed by atoms with Gasteiger partial charge in [-0.05, 0) is 31.7 Å². The molecule has 1 aromatic rings. The highest BCUT2D eigenvalue weighted by atomic mass is 79.9. The Kier molecular flexibility index (Phi) is 5.84. The molecule has 0 spiro atoms. The largest absolute Gasteiger partial charge is 0.490 e. The third-order valence-corrected chi connectivity index (χ3v) is 4.05. The number of hydrogen-bond acceptors (Lipinski definition) is 4. The molecule has 0 bridgehead atoms. The maximum Gasteiger partial charge on any atom is 0.124 e. The first-order chi connectivity index (χ1) is 9.60. The van der Waals surface area contributed by atoms with Crippen molar-refractivity contribution in [3.8, 4) is 5.75 Å². The average Bonchev–Trinajstić information content (AvgIpc) is 2.46. The first-order valence-corrected chi connectivity index (χ1v) is 7.91. The van der Waals surface area contributed by atoms with Crippen LogP contribution in [0.2, 0.25) is 0 Å². The molecule has 0 saturated carbocycles. The summed E-state index contributed by atoms with van der Waals surface area (Å²) in [6, 6.07) is 5.90. The van der Waals surface area contributed by atoms with E-state index < -0.39 is 0 Å². The minimum absolute atomic E-state index is 0.0538. The maximum atomic E-state index is 6.00. The van der Waals surface area contributed by atoms with Gasteiger partial charge in [-0.15, -0.1) is 0 Å². The van der Waals surface area contributed by atoms with E-state index in [9.17, 15) is 0 Å². The van der Waals surface area contributed by atoms with Gasteiger partial charge in [0.1, 0.15) is 18.5 Å². The van der Waals surface area contributed by atoms with Crippen molar-refractivity contribution in [3.05, 3.63) is 28.2 Å². The van der Waals surface area contributed by atoms with Crippen molar-refractivity contribution in [1.82, 2.24) is 4.90 Å². The van der Waals surface area contributed by atoms with Gasteiger partial charge in [-0.3, -0.25) is 4.90 Å². The van der Waals surface area contributed by atoms with E-state index in [4.69, 9.17) is 15.2 Å². The van der Waals surface area contributed by atoms with Crippen LogP contribution in [0.3, 0.4) is 0 Å². The normalized spacial score (nSPS) is 21.7. The van der Waals surface area contributed by atoms with Crippen LogP contribution < -0.4 is 10.5 Å². The van der Waals surface area contributed by atoms with E-state index in [0.29, 0.717) is 6.61 Å². The van der Waals surface area contributed by atoms with Gasteiger partial charge < -0.3 is 15.2 Å². The summed E-state index contributed by atoms with van der Waals surface area (Å²) in [7, 11) is 0. The van der Waals surface area contributed by atoms with Crippen LogP contribution in [0.1, 0.15) is 25.5 Å². The molecule has 4 nitrogen and oxygen atoms in total. The summed E-state index contributed by atoms with van der Waals surface area (Å²) in [5.74, 6) is 0.848. The van der Waals surface area contributed by atoms with Crippen molar-refractivity contribution < 1.29 is 9.47 Å². The number of nitrogens with zero attached hydrogens (tertiary/aromatic N) is 1. The minimum Gasteiger partial charge on any atom is -0.490 e. The van der Waals surface area contributed by atoms with Crippen molar-refractivity contribution in [1.29, 1.82) is 0 Å². The van der Waals surface area contributed by atoms with E-state index in [-0.39, 0.29) is 12.1 Å². The van der Waals surface area contributed by atoms with E-state index >= 15 is 0 Å². The van der Waals surface area contributed by atoms with Crippen molar-refractivity contribution in [3.63, 3.8) is 0 Å². The highest BCUT2D eigenvalue weighted by molar-refractivity contribution is 9.10. The molecule has 0 aromatic heterocycles. The second kappa shape index (κ2) is 7.41. The van der Waals surface area contributed by atoms with Crippen molar-refractivity contribution in [2.75, 3.05) is 32.8 Å². The van der Waals surface area contributed by atoms with Gasteiger partial charge in [0.2, 0.25) is 0 Å². The molecule has 5 heteroatoms. The predicted octanol–water partition coefficient (Wildman–Crippen LogP) is 2.57. The molecule has 0 radical (unpaired) electrons. The Morgan fingerprint density at radius 2 is 2.35 bits per heavy atom. The van der Waals surface area contributed by atoms with Crippen molar-refractivity contribution in [2.45, 2.75) is 26.0 Å². The Balaban J connectivity index is 1.96. The van der Waals surface area contributed by atoms with Gasteiger partial charge in [0.15, 0.2) is 0 Å². The van der Waals surface area contributed by atoms with E-state index in [1.165, 1.54) is 0 Å². The van der Waals surface area contributed by atoms with E-state index in [0.717, 1.165) is 42.0 Å². The van der Waals surface area contributed by atoms with Gasteiger partial charge in [0, 0.05) is 29.2 Å². The molecular formula is C15H23BrN2O2. The van der Waals surface area contributed by atoms with Gasteiger partial charge in [-0.2, -0.15) is 0 Å². The van der Waals surface area contributed by atoms with Crippen LogP contribution in [0.15, 0.2) is 22.7 Å². The highest BCUT2D eigenvalue weighted by Gasteiger charge is 2.20. The van der Waals surface area contributed by atoms with Gasteiger partial charge in [0.05, 0.1) is 6.61 Å². The number of ether oxygens (including phenoxy) is 2. The van der Waals surface area contributed by atoms with Gasteiger partial charge >= 0.3 is 0 Å². The van der Waals surface area contributed by atoms with Crippen LogP contribution in [-0.4, -0.2) is 43.9 Å². The maximum absolute atomic E-state index is 6.00. The molecule has 2 atom stereocenters. The molecule has 20 heavy (non-hydrogen) atoms. The molecule has 2 unspecified atom stereocenters. The van der Waals surface area contributed by atoms with Crippen LogP contribution in [0.4, 0.5) is 0 Å². The Hall–Kier alpha value is -0.620. The molecule has 2 N–H and O–H groups in total. The van der Waals surface area contributed by atoms with Crippen LogP contribution in [-0.2, 0) is 4.74 Å². The molecule has 0 amide bonds. The van der Waals surface area contributed by atoms with Gasteiger partial charge in [-0.1, -0.05) is 22.9 Å². The third-order valence-electron chi connectivity index (χ3n) is 3.56. The van der Waals surface area contributed by atoms with E-state index in [1.54, 1.807) is 0 Å². The van der Waals surface area contributed by atoms with Crippen LogP contribution >= 0.6 is 15.9 Å². The highest BCUT2D eigenvalue weighted by Crippen LogP contribution is 2.27. The molecule has 1 fully saturated rings. The predicted molar refractivity (Wildman–Crippen MR) is 84.1 cm³/mol. The quantitative estimate of drug-likeness (QED) is 0.893. The summed E-state index contributed by atoms with van der Waals surface area (Å²) in [4.78, 5) is 2.38. The minimum atomic E-state index is -0.0538. The zero-order chi connectivity index (χ0) is 14.5. The standard InChI is InChI=1S/C15H23BrN2O2/c1-3-18-6-7-19-13(9-18)10-20-15-5-4-12(16)8-14(15)11(2)17/h4-5,8,11,13H,3,6-7,9-10,17H2,1-2H3. The number of rotatable bonds is 5. The zero-order valence-electron chi connectivity index (χ0n) is 12.1. The van der Waals surface area contributed by atoms with E-state index in [1.807, 2.05) is 25.1 Å². The lowest BCUT2D eigenvalue weighted by Crippen LogP contribution is -2.44. The number of benzene rings is 1. The zero-order valence-corrected chi connectivity index (χ0v) is 13.7.